The minimum absolute atomic E-state index is 0.182. The molecule has 1 fully saturated rings. The van der Waals surface area contributed by atoms with E-state index in [-0.39, 0.29) is 11.6 Å². The molecule has 1 saturated heterocycles. The van der Waals surface area contributed by atoms with Gasteiger partial charge in [0.05, 0.1) is 17.2 Å². The van der Waals surface area contributed by atoms with Crippen molar-refractivity contribution in [1.29, 1.82) is 0 Å². The Morgan fingerprint density at radius 2 is 2.00 bits per heavy atom. The molecule has 2 heterocycles. The van der Waals surface area contributed by atoms with Gasteiger partial charge in [-0.2, -0.15) is 13.2 Å². The van der Waals surface area contributed by atoms with E-state index in [4.69, 9.17) is 0 Å². The summed E-state index contributed by atoms with van der Waals surface area (Å²) in [6.45, 7) is 3.39. The monoisotopic (exact) mass is 392 g/mol. The van der Waals surface area contributed by atoms with E-state index in [9.17, 15) is 18.0 Å². The summed E-state index contributed by atoms with van der Waals surface area (Å²) >= 11 is 1.59. The summed E-state index contributed by atoms with van der Waals surface area (Å²) in [6.07, 6.45) is -2.62. The van der Waals surface area contributed by atoms with Gasteiger partial charge < -0.3 is 10.2 Å². The van der Waals surface area contributed by atoms with Crippen molar-refractivity contribution in [1.82, 2.24) is 10.2 Å². The molecule has 2 aromatic rings. The van der Waals surface area contributed by atoms with Gasteiger partial charge in [-0.1, -0.05) is 6.07 Å². The average molecular weight is 392 g/mol. The number of carbonyl (C=O) groups is 1. The van der Waals surface area contributed by atoms with Crippen molar-refractivity contribution in [2.24, 2.45) is 0 Å². The molecule has 0 radical (unpaired) electrons. The summed E-state index contributed by atoms with van der Waals surface area (Å²) in [7, 11) is 0. The molecule has 7 heteroatoms. The Balaban J connectivity index is 1.93. The summed E-state index contributed by atoms with van der Waals surface area (Å²) in [5.74, 6) is -0.509. The van der Waals surface area contributed by atoms with Crippen molar-refractivity contribution < 1.29 is 18.0 Å². The van der Waals surface area contributed by atoms with Crippen LogP contribution in [0.3, 0.4) is 0 Å². The fourth-order valence-corrected chi connectivity index (χ4v) is 4.50. The number of aryl methyl sites for hydroxylation is 1. The van der Waals surface area contributed by atoms with Crippen LogP contribution in [0, 0.1) is 6.92 Å². The second-order valence-electron chi connectivity index (χ2n) is 6.89. The van der Waals surface area contributed by atoms with Crippen LogP contribution in [0.1, 0.15) is 33.1 Å². The number of halogens is 3. The lowest BCUT2D eigenvalue weighted by Gasteiger charge is -2.30. The van der Waals surface area contributed by atoms with Gasteiger partial charge >= 0.3 is 6.18 Å². The summed E-state index contributed by atoms with van der Waals surface area (Å²) in [4.78, 5) is 15.3. The quantitative estimate of drug-likeness (QED) is 0.764. The lowest BCUT2D eigenvalue weighted by Crippen LogP contribution is -2.44. The Hall–Kier alpha value is -1.99. The number of rotatable bonds is 2. The number of thioether (sulfide) groups is 1. The summed E-state index contributed by atoms with van der Waals surface area (Å²) in [5, 5.41) is 3.18. The first-order chi connectivity index (χ1) is 12.8. The molecule has 142 valence electrons. The van der Waals surface area contributed by atoms with Crippen LogP contribution in [-0.4, -0.2) is 36.7 Å². The first kappa shape index (κ1) is 18.4. The lowest BCUT2D eigenvalue weighted by atomic mass is 9.91. The number of hydrogen-bond acceptors (Lipinski definition) is 3. The van der Waals surface area contributed by atoms with Crippen molar-refractivity contribution in [3.63, 3.8) is 0 Å². The van der Waals surface area contributed by atoms with Gasteiger partial charge in [-0.05, 0) is 59.7 Å². The molecule has 1 N–H and O–H groups in total. The highest BCUT2D eigenvalue weighted by molar-refractivity contribution is 7.98. The molecule has 0 spiro atoms. The highest BCUT2D eigenvalue weighted by Crippen LogP contribution is 2.44. The smallest absolute Gasteiger partial charge is 0.329 e. The molecular formula is C20H19F3N2OS. The van der Waals surface area contributed by atoms with Gasteiger partial charge in [0, 0.05) is 24.5 Å². The molecule has 27 heavy (non-hydrogen) atoms. The van der Waals surface area contributed by atoms with Gasteiger partial charge in [-0.15, -0.1) is 11.8 Å². The fourth-order valence-electron chi connectivity index (χ4n) is 4.00. The topological polar surface area (TPSA) is 32.3 Å². The van der Waals surface area contributed by atoms with Gasteiger partial charge in [0.15, 0.2) is 0 Å². The van der Waals surface area contributed by atoms with Gasteiger partial charge in [-0.25, -0.2) is 0 Å². The molecule has 0 bridgehead atoms. The molecule has 2 aliphatic rings. The number of fused-ring (bicyclic) bond motifs is 3. The number of hydrogen-bond donors (Lipinski definition) is 1. The number of nitrogens with zero attached hydrogens (tertiary/aromatic N) is 1. The molecule has 2 aromatic carbocycles. The standard InChI is InChI=1S/C20H19F3N2OS/c1-11-7-13(27-2)3-4-14(11)12-8-15-17-10-24-5-6-25(17)19(26)18(15)16(9-12)20(21,22)23/h3-4,7-9,17,24H,5-6,10H2,1-2H3. The van der Waals surface area contributed by atoms with E-state index in [1.807, 2.05) is 31.4 Å². The van der Waals surface area contributed by atoms with Crippen LogP contribution in [0.15, 0.2) is 35.2 Å². The molecule has 1 atom stereocenters. The SMILES string of the molecule is CSc1ccc(-c2cc3c(c(C(F)(F)F)c2)C(=O)N2CCNCC32)c(C)c1. The van der Waals surface area contributed by atoms with Crippen molar-refractivity contribution >= 4 is 17.7 Å². The van der Waals surface area contributed by atoms with Gasteiger partial charge in [-0.3, -0.25) is 4.79 Å². The maximum absolute atomic E-state index is 13.8. The molecule has 0 saturated carbocycles. The Kier molecular flexibility index (Phi) is 4.47. The lowest BCUT2D eigenvalue weighted by molar-refractivity contribution is -0.137. The Labute approximate surface area is 159 Å². The zero-order valence-electron chi connectivity index (χ0n) is 15.0. The predicted molar refractivity (Wildman–Crippen MR) is 100 cm³/mol. The van der Waals surface area contributed by atoms with E-state index in [0.717, 1.165) is 22.1 Å². The number of alkyl halides is 3. The van der Waals surface area contributed by atoms with Crippen molar-refractivity contribution in [2.75, 3.05) is 25.9 Å². The summed E-state index contributed by atoms with van der Waals surface area (Å²) in [6, 6.07) is 8.29. The molecular weight excluding hydrogens is 373 g/mol. The van der Waals surface area contributed by atoms with E-state index < -0.39 is 17.6 Å². The molecule has 3 nitrogen and oxygen atoms in total. The largest absolute Gasteiger partial charge is 0.417 e. The number of piperazine rings is 1. The molecule has 1 amide bonds. The second-order valence-corrected chi connectivity index (χ2v) is 7.76. The van der Waals surface area contributed by atoms with Crippen molar-refractivity contribution in [2.45, 2.75) is 24.0 Å². The highest BCUT2D eigenvalue weighted by Gasteiger charge is 2.45. The second kappa shape index (κ2) is 6.56. The van der Waals surface area contributed by atoms with Crippen LogP contribution in [0.4, 0.5) is 13.2 Å². The molecule has 0 aliphatic carbocycles. The average Bonchev–Trinajstić information content (AvgIpc) is 2.93. The third-order valence-electron chi connectivity index (χ3n) is 5.30. The minimum atomic E-state index is -4.58. The molecule has 4 rings (SSSR count). The number of benzene rings is 2. The Morgan fingerprint density at radius 1 is 1.22 bits per heavy atom. The highest BCUT2D eigenvalue weighted by atomic mass is 32.2. The van der Waals surface area contributed by atoms with Crippen molar-refractivity contribution in [3.8, 4) is 11.1 Å². The predicted octanol–water partition coefficient (Wildman–Crippen LogP) is 4.50. The maximum atomic E-state index is 13.8. The zero-order chi connectivity index (χ0) is 19.3. The molecule has 2 aliphatic heterocycles. The van der Waals surface area contributed by atoms with Gasteiger partial charge in [0.1, 0.15) is 0 Å². The van der Waals surface area contributed by atoms with Crippen LogP contribution < -0.4 is 5.32 Å². The first-order valence-corrected chi connectivity index (χ1v) is 9.95. The van der Waals surface area contributed by atoms with E-state index in [0.29, 0.717) is 30.8 Å². The third kappa shape index (κ3) is 3.02. The number of carbonyl (C=O) groups excluding carboxylic acids is 1. The van der Waals surface area contributed by atoms with Crippen LogP contribution in [0.25, 0.3) is 11.1 Å². The van der Waals surface area contributed by atoms with E-state index in [1.54, 1.807) is 22.7 Å². The Morgan fingerprint density at radius 3 is 2.67 bits per heavy atom. The van der Waals surface area contributed by atoms with Crippen LogP contribution in [0.2, 0.25) is 0 Å². The van der Waals surface area contributed by atoms with Crippen molar-refractivity contribution in [3.05, 3.63) is 52.6 Å². The van der Waals surface area contributed by atoms with Crippen LogP contribution >= 0.6 is 11.8 Å². The third-order valence-corrected chi connectivity index (χ3v) is 6.02. The van der Waals surface area contributed by atoms with Gasteiger partial charge in [0.25, 0.3) is 5.91 Å². The normalized spacial score (nSPS) is 19.2. The van der Waals surface area contributed by atoms with E-state index >= 15 is 0 Å². The van der Waals surface area contributed by atoms with E-state index in [1.165, 1.54) is 0 Å². The fraction of sp³-hybridized carbons (Fsp3) is 0.350. The van der Waals surface area contributed by atoms with E-state index in [2.05, 4.69) is 5.32 Å². The van der Waals surface area contributed by atoms with Crippen LogP contribution in [0.5, 0.6) is 0 Å². The molecule has 0 aromatic heterocycles. The Bertz CT molecular complexity index is 926. The summed E-state index contributed by atoms with van der Waals surface area (Å²) in [5.41, 5.74) is 1.64. The number of nitrogens with one attached hydrogen (secondary N) is 1. The zero-order valence-corrected chi connectivity index (χ0v) is 15.8. The van der Waals surface area contributed by atoms with Gasteiger partial charge in [0.2, 0.25) is 0 Å². The maximum Gasteiger partial charge on any atom is 0.417 e. The van der Waals surface area contributed by atoms with Crippen LogP contribution in [-0.2, 0) is 6.18 Å². The summed E-state index contributed by atoms with van der Waals surface area (Å²) < 4.78 is 41.5. The molecule has 1 unspecified atom stereocenters. The number of amides is 1. The first-order valence-electron chi connectivity index (χ1n) is 8.73. The minimum Gasteiger partial charge on any atom is -0.329 e.